The van der Waals surface area contributed by atoms with Crippen LogP contribution < -0.4 is 15.8 Å². The average Bonchev–Trinajstić information content (AvgIpc) is 3.06. The number of carbonyl (C=O) groups excluding carboxylic acids is 1. The zero-order valence-corrected chi connectivity index (χ0v) is 17.6. The summed E-state index contributed by atoms with van der Waals surface area (Å²) in [5, 5.41) is 3.67. The summed E-state index contributed by atoms with van der Waals surface area (Å²) in [6.45, 7) is 6.24. The van der Waals surface area contributed by atoms with Gasteiger partial charge in [0, 0.05) is 36.3 Å². The van der Waals surface area contributed by atoms with E-state index in [1.165, 1.54) is 18.2 Å². The van der Waals surface area contributed by atoms with Crippen LogP contribution >= 0.6 is 11.6 Å². The van der Waals surface area contributed by atoms with Crippen LogP contribution in [0.1, 0.15) is 27.6 Å². The average molecular weight is 432 g/mol. The van der Waals surface area contributed by atoms with E-state index in [9.17, 15) is 9.18 Å². The Balaban J connectivity index is 1.54. The maximum absolute atomic E-state index is 13.8. The Labute approximate surface area is 179 Å². The van der Waals surface area contributed by atoms with Crippen molar-refractivity contribution < 1.29 is 13.9 Å². The number of amides is 1. The SMILES string of the molecule is Cc1nc(C2=C(N)CN(C(=O)c3ccc(F)cc3OCC3CNC3)C2)nc(C)c1Cl. The van der Waals surface area contributed by atoms with Gasteiger partial charge in [0.2, 0.25) is 0 Å². The van der Waals surface area contributed by atoms with Gasteiger partial charge in [-0.1, -0.05) is 11.6 Å². The molecule has 2 aliphatic rings. The summed E-state index contributed by atoms with van der Waals surface area (Å²) in [6, 6.07) is 3.96. The van der Waals surface area contributed by atoms with Crippen molar-refractivity contribution in [3.8, 4) is 5.75 Å². The molecule has 7 nitrogen and oxygen atoms in total. The van der Waals surface area contributed by atoms with Crippen LogP contribution in [0.25, 0.3) is 5.57 Å². The second-order valence-electron chi connectivity index (χ2n) is 7.67. The molecular formula is C21H23ClFN5O2. The van der Waals surface area contributed by atoms with E-state index in [1.807, 2.05) is 0 Å². The van der Waals surface area contributed by atoms with Gasteiger partial charge in [0.1, 0.15) is 11.6 Å². The van der Waals surface area contributed by atoms with E-state index in [2.05, 4.69) is 15.3 Å². The Morgan fingerprint density at radius 2 is 2.00 bits per heavy atom. The minimum absolute atomic E-state index is 0.238. The lowest BCUT2D eigenvalue weighted by atomic mass is 10.1. The van der Waals surface area contributed by atoms with Crippen LogP contribution in [0, 0.1) is 25.6 Å². The number of nitrogens with two attached hydrogens (primary N) is 1. The van der Waals surface area contributed by atoms with E-state index in [1.54, 1.807) is 18.7 Å². The van der Waals surface area contributed by atoms with Gasteiger partial charge >= 0.3 is 0 Å². The third kappa shape index (κ3) is 3.97. The zero-order chi connectivity index (χ0) is 21.4. The number of aromatic nitrogens is 2. The molecule has 0 aliphatic carbocycles. The maximum Gasteiger partial charge on any atom is 0.258 e. The predicted molar refractivity (Wildman–Crippen MR) is 112 cm³/mol. The number of carbonyl (C=O) groups is 1. The molecule has 30 heavy (non-hydrogen) atoms. The van der Waals surface area contributed by atoms with Crippen molar-refractivity contribution in [1.82, 2.24) is 20.2 Å². The van der Waals surface area contributed by atoms with E-state index < -0.39 is 5.82 Å². The molecule has 2 aromatic rings. The third-order valence-electron chi connectivity index (χ3n) is 5.35. The molecule has 1 amide bonds. The van der Waals surface area contributed by atoms with Crippen molar-refractivity contribution in [3.05, 3.63) is 57.5 Å². The molecular weight excluding hydrogens is 409 g/mol. The van der Waals surface area contributed by atoms with Crippen LogP contribution in [0.5, 0.6) is 5.75 Å². The number of ether oxygens (including phenoxy) is 1. The van der Waals surface area contributed by atoms with Crippen LogP contribution in [0.15, 0.2) is 23.9 Å². The summed E-state index contributed by atoms with van der Waals surface area (Å²) in [5.41, 5.74) is 9.05. The first-order valence-electron chi connectivity index (χ1n) is 9.74. The number of nitrogens with zero attached hydrogens (tertiary/aromatic N) is 3. The van der Waals surface area contributed by atoms with E-state index in [0.29, 0.717) is 51.6 Å². The fourth-order valence-electron chi connectivity index (χ4n) is 3.48. The highest BCUT2D eigenvalue weighted by Gasteiger charge is 2.30. The fourth-order valence-corrected chi connectivity index (χ4v) is 3.57. The second kappa shape index (κ2) is 8.20. The topological polar surface area (TPSA) is 93.4 Å². The van der Waals surface area contributed by atoms with E-state index in [-0.39, 0.29) is 24.7 Å². The Hall–Kier alpha value is -2.71. The Kier molecular flexibility index (Phi) is 5.62. The largest absolute Gasteiger partial charge is 0.492 e. The molecule has 0 atom stereocenters. The van der Waals surface area contributed by atoms with Gasteiger partial charge in [-0.2, -0.15) is 0 Å². The van der Waals surface area contributed by atoms with Crippen molar-refractivity contribution in [1.29, 1.82) is 0 Å². The lowest BCUT2D eigenvalue weighted by Crippen LogP contribution is -2.45. The number of benzene rings is 1. The fraction of sp³-hybridized carbons (Fsp3) is 0.381. The maximum atomic E-state index is 13.8. The number of nitrogens with one attached hydrogen (secondary N) is 1. The number of hydrogen-bond donors (Lipinski definition) is 2. The Bertz CT molecular complexity index is 1020. The molecule has 1 aromatic carbocycles. The molecule has 1 aromatic heterocycles. The van der Waals surface area contributed by atoms with Gasteiger partial charge in [0.15, 0.2) is 5.82 Å². The van der Waals surface area contributed by atoms with Crippen LogP contribution in [0.2, 0.25) is 5.02 Å². The highest BCUT2D eigenvalue weighted by atomic mass is 35.5. The van der Waals surface area contributed by atoms with Crippen molar-refractivity contribution in [2.75, 3.05) is 32.8 Å². The van der Waals surface area contributed by atoms with Gasteiger partial charge in [-0.15, -0.1) is 0 Å². The third-order valence-corrected chi connectivity index (χ3v) is 5.90. The smallest absolute Gasteiger partial charge is 0.258 e. The van der Waals surface area contributed by atoms with Gasteiger partial charge in [-0.3, -0.25) is 4.79 Å². The molecule has 1 fully saturated rings. The molecule has 0 bridgehead atoms. The number of aryl methyl sites for hydroxylation is 2. The number of hydrogen-bond acceptors (Lipinski definition) is 6. The lowest BCUT2D eigenvalue weighted by molar-refractivity contribution is 0.0792. The van der Waals surface area contributed by atoms with Gasteiger partial charge in [-0.25, -0.2) is 14.4 Å². The lowest BCUT2D eigenvalue weighted by Gasteiger charge is -2.27. The summed E-state index contributed by atoms with van der Waals surface area (Å²) in [5.74, 6) is 0.342. The van der Waals surface area contributed by atoms with Crippen molar-refractivity contribution in [2.24, 2.45) is 11.7 Å². The van der Waals surface area contributed by atoms with E-state index in [0.717, 1.165) is 13.1 Å². The summed E-state index contributed by atoms with van der Waals surface area (Å²) < 4.78 is 19.6. The Morgan fingerprint density at radius 3 is 2.63 bits per heavy atom. The molecule has 2 aliphatic heterocycles. The molecule has 4 rings (SSSR count). The molecule has 0 spiro atoms. The standard InChI is InChI=1S/C21H23ClFN5O2/c1-11-19(22)12(2)27-20(26-11)16-8-28(9-17(16)24)21(29)15-4-3-14(23)5-18(15)30-10-13-6-25-7-13/h3-5,13,25H,6-10,24H2,1-2H3. The van der Waals surface area contributed by atoms with Crippen LogP contribution in [0.3, 0.4) is 0 Å². The molecule has 158 valence electrons. The van der Waals surface area contributed by atoms with Crippen LogP contribution in [0.4, 0.5) is 4.39 Å². The summed E-state index contributed by atoms with van der Waals surface area (Å²) >= 11 is 6.16. The van der Waals surface area contributed by atoms with Crippen molar-refractivity contribution >= 4 is 23.1 Å². The summed E-state index contributed by atoms with van der Waals surface area (Å²) in [7, 11) is 0. The predicted octanol–water partition coefficient (Wildman–Crippen LogP) is 2.31. The van der Waals surface area contributed by atoms with Gasteiger partial charge < -0.3 is 20.7 Å². The zero-order valence-electron chi connectivity index (χ0n) is 16.8. The normalized spacial score (nSPS) is 16.7. The Morgan fingerprint density at radius 1 is 1.30 bits per heavy atom. The molecule has 0 unspecified atom stereocenters. The first-order valence-corrected chi connectivity index (χ1v) is 10.1. The van der Waals surface area contributed by atoms with Crippen LogP contribution in [-0.2, 0) is 0 Å². The van der Waals surface area contributed by atoms with E-state index in [4.69, 9.17) is 22.1 Å². The minimum atomic E-state index is -0.450. The highest BCUT2D eigenvalue weighted by molar-refractivity contribution is 6.31. The van der Waals surface area contributed by atoms with E-state index >= 15 is 0 Å². The molecule has 3 N–H and O–H groups in total. The van der Waals surface area contributed by atoms with Gasteiger partial charge in [-0.05, 0) is 26.0 Å². The summed E-state index contributed by atoms with van der Waals surface area (Å²) in [4.78, 5) is 23.6. The van der Waals surface area contributed by atoms with Crippen molar-refractivity contribution in [2.45, 2.75) is 13.8 Å². The van der Waals surface area contributed by atoms with Gasteiger partial charge in [0.05, 0.1) is 41.7 Å². The molecule has 1 saturated heterocycles. The highest BCUT2D eigenvalue weighted by Crippen LogP contribution is 2.29. The van der Waals surface area contributed by atoms with Crippen molar-refractivity contribution in [3.63, 3.8) is 0 Å². The monoisotopic (exact) mass is 431 g/mol. The minimum Gasteiger partial charge on any atom is -0.492 e. The number of rotatable bonds is 5. The summed E-state index contributed by atoms with van der Waals surface area (Å²) in [6.07, 6.45) is 0. The van der Waals surface area contributed by atoms with Crippen LogP contribution in [-0.4, -0.2) is 53.6 Å². The quantitative estimate of drug-likeness (QED) is 0.754. The molecule has 0 saturated carbocycles. The molecule has 0 radical (unpaired) electrons. The second-order valence-corrected chi connectivity index (χ2v) is 8.05. The first-order chi connectivity index (χ1) is 14.3. The number of halogens is 2. The first kappa shape index (κ1) is 20.6. The molecule has 3 heterocycles. The van der Waals surface area contributed by atoms with Gasteiger partial charge in [0.25, 0.3) is 5.91 Å². The molecule has 9 heteroatoms.